The van der Waals surface area contributed by atoms with Gasteiger partial charge in [0.05, 0.1) is 17.9 Å². The summed E-state index contributed by atoms with van der Waals surface area (Å²) in [5, 5.41) is 10.3. The van der Waals surface area contributed by atoms with Gasteiger partial charge in [0.1, 0.15) is 5.78 Å². The second-order valence-electron chi connectivity index (χ2n) is 10.7. The summed E-state index contributed by atoms with van der Waals surface area (Å²) in [6.45, 7) is 8.45. The molecule has 0 aliphatic heterocycles. The number of aliphatic hydroxyl groups excluding tert-OH is 1. The van der Waals surface area contributed by atoms with Gasteiger partial charge in [0.25, 0.3) is 12.1 Å². The maximum Gasteiger partial charge on any atom is 0.288 e. The van der Waals surface area contributed by atoms with Gasteiger partial charge in [-0.15, -0.1) is 0 Å². The average molecular weight is 357 g/mol. The molecule has 5 aliphatic rings. The largest absolute Gasteiger partial charge is 0.393 e. The highest BCUT2D eigenvalue weighted by Crippen LogP contribution is 2.71. The van der Waals surface area contributed by atoms with E-state index in [-0.39, 0.29) is 17.1 Å². The summed E-state index contributed by atoms with van der Waals surface area (Å²) < 4.78 is 0. The Kier molecular flexibility index (Phi) is 3.69. The quantitative estimate of drug-likeness (QED) is 0.676. The number of carbonyl (C=O) groups excluding carboxylic acids is 1. The molecule has 1 spiro atoms. The zero-order chi connectivity index (χ0) is 18.2. The predicted octanol–water partition coefficient (Wildman–Crippen LogP) is 4.82. The van der Waals surface area contributed by atoms with Gasteiger partial charge in [-0.25, -0.2) is 0 Å². The summed E-state index contributed by atoms with van der Waals surface area (Å²) >= 11 is 0. The number of hydrogen-bond acceptors (Lipinski definition) is 2. The van der Waals surface area contributed by atoms with Crippen molar-refractivity contribution in [3.63, 3.8) is 0 Å². The molecular weight excluding hydrogens is 322 g/mol. The van der Waals surface area contributed by atoms with E-state index in [1.54, 1.807) is 0 Å². The summed E-state index contributed by atoms with van der Waals surface area (Å²) in [6.07, 6.45) is 12.7. The van der Waals surface area contributed by atoms with Crippen molar-refractivity contribution >= 4 is 5.78 Å². The van der Waals surface area contributed by atoms with Crippen LogP contribution in [0.1, 0.15) is 84.0 Å². The molecule has 0 bridgehead atoms. The number of carbonyl (C=O) groups is 1. The molecule has 5 saturated carbocycles. The summed E-state index contributed by atoms with van der Waals surface area (Å²) in [7, 11) is 0. The molecule has 5 aliphatic carbocycles. The van der Waals surface area contributed by atoms with Crippen LogP contribution in [0.3, 0.4) is 0 Å². The van der Waals surface area contributed by atoms with Crippen molar-refractivity contribution in [3.05, 3.63) is 4.85 Å². The number of ketones is 1. The molecule has 0 aromatic carbocycles. The van der Waals surface area contributed by atoms with Crippen LogP contribution < -0.4 is 0 Å². The van der Waals surface area contributed by atoms with Crippen LogP contribution in [0.2, 0.25) is 0 Å². The Hall–Kier alpha value is -0.880. The number of Topliss-reactive ketones (excluding diaryl/α,β-unsaturated/α-hetero) is 1. The van der Waals surface area contributed by atoms with Gasteiger partial charge in [0.2, 0.25) is 0 Å². The highest BCUT2D eigenvalue weighted by molar-refractivity contribution is 5.80. The fourth-order valence-corrected chi connectivity index (χ4v) is 9.00. The molecule has 0 aromatic rings. The van der Waals surface area contributed by atoms with Gasteiger partial charge in [0, 0.05) is 19.3 Å². The third-order valence-electron chi connectivity index (χ3n) is 10.2. The van der Waals surface area contributed by atoms with E-state index in [1.165, 1.54) is 32.1 Å². The predicted molar refractivity (Wildman–Crippen MR) is 102 cm³/mol. The van der Waals surface area contributed by atoms with Gasteiger partial charge in [0.15, 0.2) is 0 Å². The van der Waals surface area contributed by atoms with Crippen LogP contribution in [0.4, 0.5) is 0 Å². The number of rotatable bonds is 0. The molecule has 0 radical (unpaired) electrons. The monoisotopic (exact) mass is 356 g/mol. The highest BCUT2D eigenvalue weighted by atomic mass is 16.3. The Morgan fingerprint density at radius 1 is 1.04 bits per heavy atom. The Labute approximate surface area is 157 Å². The van der Waals surface area contributed by atoms with Crippen LogP contribution >= 0.6 is 0 Å². The minimum Gasteiger partial charge on any atom is -0.393 e. The molecule has 5 fully saturated rings. The Balaban J connectivity index is 1.50. The maximum absolute atomic E-state index is 12.4. The van der Waals surface area contributed by atoms with E-state index in [0.717, 1.165) is 62.7 Å². The van der Waals surface area contributed by atoms with E-state index in [0.29, 0.717) is 17.1 Å². The van der Waals surface area contributed by atoms with Gasteiger partial charge >= 0.3 is 0 Å². The first kappa shape index (κ1) is 17.2. The van der Waals surface area contributed by atoms with Gasteiger partial charge in [-0.05, 0) is 80.5 Å². The molecule has 26 heavy (non-hydrogen) atoms. The second kappa shape index (κ2) is 5.57. The number of hydrogen-bond donors (Lipinski definition) is 1. The molecule has 5 unspecified atom stereocenters. The fourth-order valence-electron chi connectivity index (χ4n) is 9.00. The van der Waals surface area contributed by atoms with Crippen LogP contribution in [-0.4, -0.2) is 22.5 Å². The lowest BCUT2D eigenvalue weighted by molar-refractivity contribution is -0.147. The van der Waals surface area contributed by atoms with Gasteiger partial charge in [-0.1, -0.05) is 11.8 Å². The van der Waals surface area contributed by atoms with Crippen LogP contribution in [0.15, 0.2) is 0 Å². The maximum atomic E-state index is 12.4. The fraction of sp³-hybridized carbons (Fsp3) is 0.913. The zero-order valence-corrected chi connectivity index (χ0v) is 16.3. The molecule has 0 saturated heterocycles. The van der Waals surface area contributed by atoms with E-state index in [9.17, 15) is 9.90 Å². The van der Waals surface area contributed by atoms with Crippen LogP contribution in [0.25, 0.3) is 4.85 Å². The summed E-state index contributed by atoms with van der Waals surface area (Å²) in [4.78, 5) is 16.9. The van der Waals surface area contributed by atoms with E-state index in [2.05, 4.69) is 11.8 Å². The van der Waals surface area contributed by atoms with Gasteiger partial charge in [-0.2, -0.15) is 0 Å². The van der Waals surface area contributed by atoms with E-state index in [4.69, 9.17) is 6.57 Å². The number of nitrogens with zero attached hydrogens (tertiary/aromatic N) is 1. The van der Waals surface area contributed by atoms with Crippen molar-refractivity contribution in [1.29, 1.82) is 0 Å². The van der Waals surface area contributed by atoms with Crippen molar-refractivity contribution < 1.29 is 9.90 Å². The van der Waals surface area contributed by atoms with E-state index in [1.807, 2.05) is 0 Å². The first-order valence-corrected chi connectivity index (χ1v) is 11.1. The molecule has 142 valence electrons. The normalized spacial score (nSPS) is 55.9. The molecule has 1 N–H and O–H groups in total. The minimum atomic E-state index is -0.242. The third-order valence-corrected chi connectivity index (χ3v) is 10.2. The summed E-state index contributed by atoms with van der Waals surface area (Å²) in [5.74, 6) is 3.49. The second-order valence-corrected chi connectivity index (χ2v) is 10.7. The third kappa shape index (κ3) is 2.00. The number of fused-ring (bicyclic) bond motifs is 4. The van der Waals surface area contributed by atoms with Gasteiger partial charge < -0.3 is 5.11 Å². The Morgan fingerprint density at radius 2 is 1.88 bits per heavy atom. The van der Waals surface area contributed by atoms with Crippen LogP contribution in [-0.2, 0) is 4.79 Å². The molecule has 3 heteroatoms. The SMILES string of the molecule is C#[N+][C@@]12CCC3C4CCC5CCC(=O)CC54CCC3[C@@]1(C)CC[C@@H](O)C2. The Morgan fingerprint density at radius 3 is 2.69 bits per heavy atom. The van der Waals surface area contributed by atoms with Gasteiger partial charge in [-0.3, -0.25) is 4.79 Å². The molecular formula is C23H34NO2+. The molecule has 8 atom stereocenters. The van der Waals surface area contributed by atoms with E-state index < -0.39 is 0 Å². The lowest BCUT2D eigenvalue weighted by Crippen LogP contribution is -2.62. The lowest BCUT2D eigenvalue weighted by Gasteiger charge is -2.61. The highest BCUT2D eigenvalue weighted by Gasteiger charge is 2.70. The van der Waals surface area contributed by atoms with E-state index >= 15 is 0 Å². The molecule has 3 nitrogen and oxygen atoms in total. The van der Waals surface area contributed by atoms with Crippen LogP contribution in [0, 0.1) is 41.1 Å². The smallest absolute Gasteiger partial charge is 0.288 e. The standard InChI is InChI=1S/C23H34NO2/c1-21-10-7-17(26)14-23(21,24-2)12-8-18-19(21)9-11-22-13-16(25)5-3-15(22)4-6-20(18)22/h2,15,17-20,26H,3-14H2,1H3/q+1/t15?,17-,18?,19?,20?,21-,22?,23-/m1/s1. The minimum absolute atomic E-state index is 0.127. The molecule has 0 amide bonds. The molecule has 0 heterocycles. The topological polar surface area (TPSA) is 41.7 Å². The molecule has 5 rings (SSSR count). The van der Waals surface area contributed by atoms with Crippen molar-refractivity contribution in [1.82, 2.24) is 0 Å². The average Bonchev–Trinajstić information content (AvgIpc) is 3.01. The van der Waals surface area contributed by atoms with Crippen molar-refractivity contribution in [2.75, 3.05) is 0 Å². The van der Waals surface area contributed by atoms with Crippen LogP contribution in [0.5, 0.6) is 0 Å². The number of aliphatic hydroxyl groups is 1. The lowest BCUT2D eigenvalue weighted by atomic mass is 9.41. The van der Waals surface area contributed by atoms with Crippen molar-refractivity contribution in [3.8, 4) is 6.57 Å². The first-order valence-electron chi connectivity index (χ1n) is 11.1. The Bertz CT molecular complexity index is 668. The summed E-state index contributed by atoms with van der Waals surface area (Å²) in [5.41, 5.74) is 0.236. The molecule has 0 aromatic heterocycles. The first-order chi connectivity index (χ1) is 12.4. The summed E-state index contributed by atoms with van der Waals surface area (Å²) in [6, 6.07) is 0. The zero-order valence-electron chi connectivity index (χ0n) is 16.3. The van der Waals surface area contributed by atoms with Crippen molar-refractivity contribution in [2.45, 2.75) is 95.6 Å². The van der Waals surface area contributed by atoms with Crippen molar-refractivity contribution in [2.24, 2.45) is 34.5 Å².